The lowest BCUT2D eigenvalue weighted by Crippen LogP contribution is -3.11. The summed E-state index contributed by atoms with van der Waals surface area (Å²) in [5.74, 6) is 0.843. The van der Waals surface area contributed by atoms with E-state index in [0.717, 1.165) is 26.1 Å². The zero-order valence-electron chi connectivity index (χ0n) is 18.4. The number of rotatable bonds is 9. The van der Waals surface area contributed by atoms with Crippen LogP contribution in [0.3, 0.4) is 0 Å². The summed E-state index contributed by atoms with van der Waals surface area (Å²) in [7, 11) is 0. The van der Waals surface area contributed by atoms with Crippen LogP contribution >= 0.6 is 11.8 Å². The second-order valence-electron chi connectivity index (χ2n) is 8.30. The van der Waals surface area contributed by atoms with Crippen molar-refractivity contribution in [2.24, 2.45) is 5.92 Å². The summed E-state index contributed by atoms with van der Waals surface area (Å²) >= 11 is 1.37. The number of carbonyl (C=O) groups is 1. The van der Waals surface area contributed by atoms with Gasteiger partial charge in [0.2, 0.25) is 5.91 Å². The first-order valence-electron chi connectivity index (χ1n) is 11.3. The Bertz CT molecular complexity index is 910. The lowest BCUT2D eigenvalue weighted by molar-refractivity contribution is -0.897. The average molecular weight is 432 g/mol. The average Bonchev–Trinajstić information content (AvgIpc) is 2.76. The summed E-state index contributed by atoms with van der Waals surface area (Å²) in [4.78, 5) is 31.9. The van der Waals surface area contributed by atoms with E-state index in [1.165, 1.54) is 35.9 Å². The van der Waals surface area contributed by atoms with Crippen molar-refractivity contribution in [1.29, 1.82) is 0 Å². The van der Waals surface area contributed by atoms with E-state index in [0.29, 0.717) is 28.5 Å². The highest BCUT2D eigenvalue weighted by molar-refractivity contribution is 7.99. The molecule has 0 bridgehead atoms. The molecule has 1 aromatic carbocycles. The third-order valence-electron chi connectivity index (χ3n) is 6.31. The topological polar surface area (TPSA) is 68.4 Å². The van der Waals surface area contributed by atoms with Crippen molar-refractivity contribution >= 4 is 28.6 Å². The van der Waals surface area contributed by atoms with E-state index in [4.69, 9.17) is 4.98 Å². The molecule has 0 saturated heterocycles. The molecule has 30 heavy (non-hydrogen) atoms. The second kappa shape index (κ2) is 11.0. The molecule has 1 aliphatic rings. The highest BCUT2D eigenvalue weighted by atomic mass is 32.2. The van der Waals surface area contributed by atoms with Gasteiger partial charge in [-0.1, -0.05) is 43.7 Å². The number of quaternary nitrogens is 1. The molecule has 1 aliphatic carbocycles. The van der Waals surface area contributed by atoms with Crippen LogP contribution < -0.4 is 15.8 Å². The first kappa shape index (κ1) is 22.8. The van der Waals surface area contributed by atoms with Gasteiger partial charge >= 0.3 is 0 Å². The van der Waals surface area contributed by atoms with E-state index < -0.39 is 0 Å². The molecule has 7 heteroatoms. The molecule has 6 nitrogen and oxygen atoms in total. The van der Waals surface area contributed by atoms with Crippen LogP contribution in [0.1, 0.15) is 46.5 Å². The van der Waals surface area contributed by atoms with Crippen LogP contribution in [0.2, 0.25) is 0 Å². The Morgan fingerprint density at radius 3 is 2.70 bits per heavy atom. The number of hydrogen-bond donors (Lipinski definition) is 2. The molecule has 0 spiro atoms. The van der Waals surface area contributed by atoms with Gasteiger partial charge in [-0.05, 0) is 44.7 Å². The predicted octanol–water partition coefficient (Wildman–Crippen LogP) is 2.11. The fraction of sp³-hybridized carbons (Fsp3) is 0.609. The molecule has 0 unspecified atom stereocenters. The predicted molar refractivity (Wildman–Crippen MR) is 123 cm³/mol. The zero-order valence-corrected chi connectivity index (χ0v) is 19.3. The minimum absolute atomic E-state index is 0.0176. The van der Waals surface area contributed by atoms with Gasteiger partial charge in [-0.25, -0.2) is 4.98 Å². The van der Waals surface area contributed by atoms with Gasteiger partial charge in [0.15, 0.2) is 5.16 Å². The van der Waals surface area contributed by atoms with Crippen LogP contribution in [-0.2, 0) is 11.3 Å². The van der Waals surface area contributed by atoms with Crippen molar-refractivity contribution in [3.63, 3.8) is 0 Å². The van der Waals surface area contributed by atoms with E-state index >= 15 is 0 Å². The van der Waals surface area contributed by atoms with Gasteiger partial charge in [0.25, 0.3) is 5.56 Å². The zero-order chi connectivity index (χ0) is 21.5. The monoisotopic (exact) mass is 431 g/mol. The van der Waals surface area contributed by atoms with Crippen LogP contribution in [0.5, 0.6) is 0 Å². The number of likely N-dealkylation sites (N-methyl/N-ethyl adjacent to an activating group) is 1. The number of nitrogens with zero attached hydrogens (tertiary/aromatic N) is 2. The molecule has 164 valence electrons. The number of aromatic nitrogens is 2. The first-order chi connectivity index (χ1) is 14.5. The third-order valence-corrected chi connectivity index (χ3v) is 7.28. The second-order valence-corrected chi connectivity index (χ2v) is 9.24. The van der Waals surface area contributed by atoms with Crippen LogP contribution in [0, 0.1) is 5.92 Å². The number of fused-ring (bicyclic) bond motifs is 1. The van der Waals surface area contributed by atoms with Crippen molar-refractivity contribution in [3.05, 3.63) is 34.6 Å². The summed E-state index contributed by atoms with van der Waals surface area (Å²) in [5, 5.41) is 4.47. The Morgan fingerprint density at radius 1 is 1.23 bits per heavy atom. The number of benzene rings is 1. The third kappa shape index (κ3) is 5.64. The Labute approximate surface area is 183 Å². The van der Waals surface area contributed by atoms with Crippen molar-refractivity contribution in [2.75, 3.05) is 25.4 Å². The molecule has 1 fully saturated rings. The molecule has 1 amide bonds. The lowest BCUT2D eigenvalue weighted by Gasteiger charge is -2.29. The summed E-state index contributed by atoms with van der Waals surface area (Å²) in [6, 6.07) is 7.73. The maximum Gasteiger partial charge on any atom is 0.262 e. The van der Waals surface area contributed by atoms with Gasteiger partial charge < -0.3 is 10.2 Å². The Kier molecular flexibility index (Phi) is 8.33. The minimum Gasteiger partial charge on any atom is -0.352 e. The van der Waals surface area contributed by atoms with Crippen molar-refractivity contribution < 1.29 is 9.69 Å². The molecular formula is C23H35N4O2S+. The van der Waals surface area contributed by atoms with E-state index in [2.05, 4.69) is 26.1 Å². The van der Waals surface area contributed by atoms with E-state index in [9.17, 15) is 9.59 Å². The molecule has 2 aromatic rings. The van der Waals surface area contributed by atoms with E-state index in [1.54, 1.807) is 4.57 Å². The molecule has 0 aliphatic heterocycles. The number of hydrogen-bond acceptors (Lipinski definition) is 4. The number of nitrogens with one attached hydrogen (secondary N) is 2. The van der Waals surface area contributed by atoms with Crippen molar-refractivity contribution in [2.45, 2.75) is 64.2 Å². The van der Waals surface area contributed by atoms with Gasteiger partial charge in [0, 0.05) is 6.04 Å². The molecule has 1 heterocycles. The SMILES string of the molecule is CC[NH+](CC)CCn1c(SCC(=O)N[C@H]2CCCC[C@H]2C)nc2ccccc2c1=O. The first-order valence-corrected chi connectivity index (χ1v) is 12.3. The molecule has 3 rings (SSSR count). The number of amides is 1. The quantitative estimate of drug-likeness (QED) is 0.471. The fourth-order valence-corrected chi connectivity index (χ4v) is 5.07. The van der Waals surface area contributed by atoms with Gasteiger partial charge in [-0.3, -0.25) is 14.2 Å². The molecule has 1 aromatic heterocycles. The summed E-state index contributed by atoms with van der Waals surface area (Å²) in [6.07, 6.45) is 4.67. The molecule has 2 atom stereocenters. The van der Waals surface area contributed by atoms with Crippen molar-refractivity contribution in [3.8, 4) is 0 Å². The minimum atomic E-state index is -0.0176. The maximum atomic E-state index is 13.1. The normalized spacial score (nSPS) is 19.3. The maximum absolute atomic E-state index is 13.1. The van der Waals surface area contributed by atoms with Crippen LogP contribution in [0.4, 0.5) is 0 Å². The smallest absolute Gasteiger partial charge is 0.262 e. The van der Waals surface area contributed by atoms with E-state index in [-0.39, 0.29) is 23.3 Å². The van der Waals surface area contributed by atoms with Crippen LogP contribution in [0.25, 0.3) is 10.9 Å². The van der Waals surface area contributed by atoms with Gasteiger partial charge in [0.05, 0.1) is 42.8 Å². The van der Waals surface area contributed by atoms with E-state index in [1.807, 2.05) is 24.3 Å². The highest BCUT2D eigenvalue weighted by Crippen LogP contribution is 2.24. The molecular weight excluding hydrogens is 396 g/mol. The standard InChI is InChI=1S/C23H34N4O2S/c1-4-26(5-2)14-15-27-22(29)18-11-7-9-13-20(18)25-23(27)30-16-21(28)24-19-12-8-6-10-17(19)3/h7,9,11,13,17,19H,4-6,8,10,12,14-16H2,1-3H3,(H,24,28)/p+1/t17-,19+/m1/s1. The molecule has 1 saturated carbocycles. The van der Waals surface area contributed by atoms with Gasteiger partial charge in [-0.2, -0.15) is 0 Å². The Morgan fingerprint density at radius 2 is 1.97 bits per heavy atom. The number of para-hydroxylation sites is 1. The molecule has 2 N–H and O–H groups in total. The Hall–Kier alpha value is -1.86. The van der Waals surface area contributed by atoms with Crippen LogP contribution in [0.15, 0.2) is 34.2 Å². The van der Waals surface area contributed by atoms with Gasteiger partial charge in [-0.15, -0.1) is 0 Å². The highest BCUT2D eigenvalue weighted by Gasteiger charge is 2.23. The summed E-state index contributed by atoms with van der Waals surface area (Å²) in [5.41, 5.74) is 0.675. The fourth-order valence-electron chi connectivity index (χ4n) is 4.24. The Balaban J connectivity index is 1.76. The summed E-state index contributed by atoms with van der Waals surface area (Å²) in [6.45, 7) is 10.1. The molecule has 0 radical (unpaired) electrons. The number of thioether (sulfide) groups is 1. The lowest BCUT2D eigenvalue weighted by atomic mass is 9.86. The number of carbonyl (C=O) groups excluding carboxylic acids is 1. The largest absolute Gasteiger partial charge is 0.352 e. The summed E-state index contributed by atoms with van der Waals surface area (Å²) < 4.78 is 1.76. The van der Waals surface area contributed by atoms with Crippen LogP contribution in [-0.4, -0.2) is 46.9 Å². The van der Waals surface area contributed by atoms with Gasteiger partial charge in [0.1, 0.15) is 0 Å². The van der Waals surface area contributed by atoms with Crippen molar-refractivity contribution in [1.82, 2.24) is 14.9 Å².